The first-order valence-corrected chi connectivity index (χ1v) is 26.2. The Morgan fingerprint density at radius 3 is 1.06 bits per heavy atom. The Labute approximate surface area is 498 Å². The van der Waals surface area contributed by atoms with Crippen LogP contribution < -0.4 is 18.3 Å². The van der Waals surface area contributed by atoms with Crippen LogP contribution in [0.25, 0.3) is 45.0 Å². The Hall–Kier alpha value is -6.52. The lowest BCUT2D eigenvalue weighted by molar-refractivity contribution is -0.661. The van der Waals surface area contributed by atoms with E-state index in [0.717, 1.165) is 78.4 Å². The number of aryl methyl sites for hydroxylation is 14. The van der Waals surface area contributed by atoms with Gasteiger partial charge in [-0.3, -0.25) is 0 Å². The highest BCUT2D eigenvalue weighted by Crippen LogP contribution is 2.29. The highest BCUT2D eigenvalue weighted by atomic mass is 14.9. The number of hydrogen-bond acceptors (Lipinski definition) is 0. The highest BCUT2D eigenvalue weighted by molar-refractivity contribution is 5.65. The quantitative estimate of drug-likeness (QED) is 0.128. The van der Waals surface area contributed by atoms with Gasteiger partial charge in [-0.25, -0.2) is 18.3 Å². The smallest absolute Gasteiger partial charge is 0.201 e. The monoisotopic (exact) mass is 1050 g/mol. The molecule has 4 heterocycles. The van der Waals surface area contributed by atoms with Crippen LogP contribution >= 0.6 is 0 Å². The van der Waals surface area contributed by atoms with Gasteiger partial charge in [0.25, 0.3) is 0 Å². The molecule has 0 N–H and O–H groups in total. The van der Waals surface area contributed by atoms with Crippen molar-refractivity contribution in [3.05, 3.63) is 212 Å². The minimum absolute atomic E-state index is 0.122. The SMILES string of the molecule is [2H]C([2H])([2H])c1ccc(-c2cc(C)c(C([2H])(C)C([2H])([2H])[2H])c[n+]2C)c(C)c1.[2H]C([2H])([2H])c1ccc(-c2cc(C)c(C([2H])(C)C)c[n+]2C)c(C)c1.[2H]C([2H])([2H])c1ccc(-c2ccc(C([2H])([2H])C(C)(C)C)c[n+]2C)c(C)c1.[2H]C([2H])([2H])c1ccc(-c2ccc(C([2H])([2H])C(C)C)c[n+]2C)c(C)c1. The van der Waals surface area contributed by atoms with Crippen molar-refractivity contribution < 1.29 is 47.1 Å². The summed E-state index contributed by atoms with van der Waals surface area (Å²) in [5, 5.41) is 0. The highest BCUT2D eigenvalue weighted by Gasteiger charge is 2.21. The Balaban J connectivity index is 0.000000236. The van der Waals surface area contributed by atoms with Crippen molar-refractivity contribution in [2.24, 2.45) is 39.5 Å². The maximum absolute atomic E-state index is 8.42. The molecule has 0 fully saturated rings. The molecule has 8 rings (SSSR count). The van der Waals surface area contributed by atoms with Crippen LogP contribution in [0, 0.1) is 80.3 Å². The molecule has 0 radical (unpaired) electrons. The zero-order valence-electron chi connectivity index (χ0n) is 70.1. The van der Waals surface area contributed by atoms with Gasteiger partial charge in [0.15, 0.2) is 24.8 Å². The number of pyridine rings is 4. The number of aromatic nitrogens is 4. The summed E-state index contributed by atoms with van der Waals surface area (Å²) in [5.74, 6) is -2.49. The lowest BCUT2D eigenvalue weighted by Crippen LogP contribution is -2.32. The Kier molecular flexibility index (Phi) is 12.9. The summed E-state index contributed by atoms with van der Waals surface area (Å²) in [4.78, 5) is 0. The second-order valence-corrected chi connectivity index (χ2v) is 22.0. The van der Waals surface area contributed by atoms with E-state index in [0.29, 0.717) is 38.9 Å². The van der Waals surface area contributed by atoms with E-state index in [4.69, 9.17) is 28.8 Å². The van der Waals surface area contributed by atoms with E-state index in [9.17, 15) is 0 Å². The molecule has 1 atom stereocenters. The van der Waals surface area contributed by atoms with Crippen molar-refractivity contribution in [1.29, 1.82) is 0 Å². The molecule has 0 aliphatic carbocycles. The minimum Gasteiger partial charge on any atom is -0.201 e. The van der Waals surface area contributed by atoms with Gasteiger partial charge in [0.2, 0.25) is 22.8 Å². The maximum atomic E-state index is 8.42. The average molecular weight is 1050 g/mol. The fourth-order valence-corrected chi connectivity index (χ4v) is 9.46. The first-order valence-electron chi connectivity index (χ1n) is 36.7. The van der Waals surface area contributed by atoms with Crippen LogP contribution in [0.5, 0.6) is 0 Å². The molecule has 406 valence electrons. The van der Waals surface area contributed by atoms with E-state index < -0.39 is 64.2 Å². The fourth-order valence-electron chi connectivity index (χ4n) is 9.46. The summed E-state index contributed by atoms with van der Waals surface area (Å²) in [7, 11) is 7.52. The van der Waals surface area contributed by atoms with Crippen molar-refractivity contribution in [2.45, 2.75) is 156 Å². The molecule has 4 aromatic heterocycles. The van der Waals surface area contributed by atoms with Gasteiger partial charge < -0.3 is 0 Å². The standard InChI is InChI=1S/C19H26N.3C18H24N/c1-14-7-9-17(15(2)11-14)18-10-8-16(13-20(18)6)12-19(3,4)5;2*1-12(2)17-11-19(6)18(10-15(17)5)16-8-7-13(3)9-14(16)4;1-13(2)10-16-7-9-18(19(5)12-16)17-8-6-14(3)11-15(17)4/h7-11,13H,12H2,1-6H3;2*7-12H,1-6H3;6-9,11-13H,10H2,1-5H3/q4*+1/i1D3,12D2;1D3,3D3,12D;3D3,12D;3D3,10D2. The zero-order valence-corrected chi connectivity index (χ0v) is 49.1. The zero-order chi connectivity index (χ0) is 75.1. The third-order valence-electron chi connectivity index (χ3n) is 13.2. The van der Waals surface area contributed by atoms with Crippen molar-refractivity contribution in [3.8, 4) is 45.0 Å². The van der Waals surface area contributed by atoms with Crippen LogP contribution in [0.4, 0.5) is 0 Å². The van der Waals surface area contributed by atoms with E-state index in [2.05, 4.69) is 6.07 Å². The van der Waals surface area contributed by atoms with Crippen molar-refractivity contribution in [1.82, 2.24) is 0 Å². The van der Waals surface area contributed by atoms with E-state index in [1.54, 1.807) is 79.3 Å². The maximum Gasteiger partial charge on any atom is 0.212 e. The van der Waals surface area contributed by atoms with Gasteiger partial charge in [0.05, 0.1) is 0 Å². The Morgan fingerprint density at radius 2 is 0.753 bits per heavy atom. The molecule has 0 saturated heterocycles. The van der Waals surface area contributed by atoms with Crippen LogP contribution in [0.15, 0.2) is 134 Å². The van der Waals surface area contributed by atoms with Crippen LogP contribution in [-0.2, 0) is 40.9 Å². The second-order valence-electron chi connectivity index (χ2n) is 22.0. The summed E-state index contributed by atoms with van der Waals surface area (Å²) >= 11 is 0. The molecular weight excluding hydrogens is 933 g/mol. The molecule has 0 spiro atoms. The normalized spacial score (nSPS) is 17.4. The number of rotatable bonds is 9. The van der Waals surface area contributed by atoms with Crippen LogP contribution in [0.1, 0.15) is 181 Å². The number of nitrogens with zero attached hydrogens (tertiary/aromatic N) is 4. The summed E-state index contributed by atoms with van der Waals surface area (Å²) < 4.78 is 171. The predicted molar refractivity (Wildman–Crippen MR) is 329 cm³/mol. The minimum atomic E-state index is -2.44. The number of benzene rings is 4. The summed E-state index contributed by atoms with van der Waals surface area (Å²) in [6.07, 6.45) is 4.46. The van der Waals surface area contributed by atoms with Gasteiger partial charge >= 0.3 is 0 Å². The fraction of sp³-hybridized carbons (Fsp3) is 0.397. The molecule has 8 aromatic rings. The first kappa shape index (κ1) is 37.3. The van der Waals surface area contributed by atoms with Crippen molar-refractivity contribution in [2.75, 3.05) is 0 Å². The molecule has 1 unspecified atom stereocenters. The summed E-state index contributed by atoms with van der Waals surface area (Å²) in [6.45, 7) is 15.0. The molecule has 4 aromatic carbocycles. The van der Waals surface area contributed by atoms with Gasteiger partial charge in [-0.1, -0.05) is 133 Å². The Morgan fingerprint density at radius 1 is 0.416 bits per heavy atom. The van der Waals surface area contributed by atoms with Gasteiger partial charge in [-0.15, -0.1) is 0 Å². The average Bonchev–Trinajstić information content (AvgIpc) is 0.780. The van der Waals surface area contributed by atoms with Gasteiger partial charge in [-0.2, -0.15) is 0 Å². The van der Waals surface area contributed by atoms with E-state index in [1.165, 1.54) is 6.92 Å². The van der Waals surface area contributed by atoms with Crippen LogP contribution in [-0.4, -0.2) is 0 Å². The largest absolute Gasteiger partial charge is 0.212 e. The molecule has 0 bridgehead atoms. The molecular formula is C73H98N4+4. The van der Waals surface area contributed by atoms with Gasteiger partial charge in [-0.05, 0) is 175 Å². The number of hydrogen-bond donors (Lipinski definition) is 0. The second kappa shape index (κ2) is 26.7. The topological polar surface area (TPSA) is 15.5 Å². The predicted octanol–water partition coefficient (Wildman–Crippen LogP) is 16.8. The Bertz CT molecular complexity index is 4170. The van der Waals surface area contributed by atoms with Crippen LogP contribution in [0.2, 0.25) is 0 Å². The third-order valence-corrected chi connectivity index (χ3v) is 13.2. The first-order chi connectivity index (χ1) is 44.3. The lowest BCUT2D eigenvalue weighted by atomic mass is 9.88. The molecule has 77 heavy (non-hydrogen) atoms. The van der Waals surface area contributed by atoms with E-state index in [-0.39, 0.29) is 11.5 Å². The lowest BCUT2D eigenvalue weighted by Gasteiger charge is -2.17. The van der Waals surface area contributed by atoms with Gasteiger partial charge in [0, 0.05) is 97.6 Å². The molecule has 0 aliphatic heterocycles. The van der Waals surface area contributed by atoms with Crippen molar-refractivity contribution in [3.63, 3.8) is 0 Å². The summed E-state index contributed by atoms with van der Waals surface area (Å²) in [5.41, 5.74) is 16.3. The summed E-state index contributed by atoms with van der Waals surface area (Å²) in [6, 6.07) is 32.0. The molecule has 4 heteroatoms. The van der Waals surface area contributed by atoms with Crippen LogP contribution in [0.3, 0.4) is 0 Å². The molecule has 0 aliphatic rings. The van der Waals surface area contributed by atoms with E-state index >= 15 is 0 Å². The molecule has 4 nitrogen and oxygen atoms in total. The van der Waals surface area contributed by atoms with Gasteiger partial charge in [0.1, 0.15) is 28.2 Å². The molecule has 0 saturated carbocycles. The third kappa shape index (κ3) is 17.0. The molecule has 0 amide bonds. The van der Waals surface area contributed by atoms with E-state index in [1.807, 2.05) is 185 Å². The van der Waals surface area contributed by atoms with Crippen molar-refractivity contribution >= 4 is 0 Å².